The van der Waals surface area contributed by atoms with Gasteiger partial charge in [0.05, 0.1) is 10.9 Å². The van der Waals surface area contributed by atoms with Gasteiger partial charge in [-0.3, -0.25) is 0 Å². The van der Waals surface area contributed by atoms with Crippen LogP contribution in [0.5, 0.6) is 0 Å². The fourth-order valence-electron chi connectivity index (χ4n) is 3.07. The standard InChI is InChI=1S/C19H19NO4S/c1-3-17-14(2)18(15-10-6-4-7-11-15)24-19(21)20(17)25(22,23)16-12-8-5-9-13-16/h3-14,17-18H,1H2,2H3/t14-,17-,18-/m0/s1. The second-order valence-corrected chi connectivity index (χ2v) is 7.73. The van der Waals surface area contributed by atoms with Gasteiger partial charge in [0.15, 0.2) is 0 Å². The lowest BCUT2D eigenvalue weighted by atomic mass is 9.89. The molecule has 6 heteroatoms. The van der Waals surface area contributed by atoms with Gasteiger partial charge in [0, 0.05) is 5.92 Å². The van der Waals surface area contributed by atoms with Crippen molar-refractivity contribution < 1.29 is 17.9 Å². The molecule has 5 nitrogen and oxygen atoms in total. The fraction of sp³-hybridized carbons (Fsp3) is 0.211. The lowest BCUT2D eigenvalue weighted by molar-refractivity contribution is -0.000555. The molecule has 0 radical (unpaired) electrons. The van der Waals surface area contributed by atoms with Crippen LogP contribution in [-0.4, -0.2) is 24.9 Å². The number of hydrogen-bond acceptors (Lipinski definition) is 4. The van der Waals surface area contributed by atoms with E-state index < -0.39 is 28.3 Å². The molecule has 0 bridgehead atoms. The zero-order chi connectivity index (χ0) is 18.0. The molecule has 0 unspecified atom stereocenters. The van der Waals surface area contributed by atoms with Gasteiger partial charge in [-0.25, -0.2) is 13.2 Å². The zero-order valence-corrected chi connectivity index (χ0v) is 14.6. The van der Waals surface area contributed by atoms with Crippen LogP contribution in [0.1, 0.15) is 18.6 Å². The second-order valence-electron chi connectivity index (χ2n) is 5.91. The molecule has 1 aliphatic heterocycles. The second kappa shape index (κ2) is 6.72. The van der Waals surface area contributed by atoms with E-state index in [-0.39, 0.29) is 10.8 Å². The van der Waals surface area contributed by atoms with Crippen LogP contribution in [0.15, 0.2) is 78.2 Å². The van der Waals surface area contributed by atoms with Crippen molar-refractivity contribution in [1.29, 1.82) is 0 Å². The topological polar surface area (TPSA) is 63.7 Å². The molecule has 0 N–H and O–H groups in total. The minimum atomic E-state index is -4.02. The summed E-state index contributed by atoms with van der Waals surface area (Å²) in [4.78, 5) is 12.6. The predicted octanol–water partition coefficient (Wildman–Crippen LogP) is 3.76. The molecule has 0 aromatic heterocycles. The molecule has 1 saturated heterocycles. The number of amides is 1. The molecule has 1 fully saturated rings. The van der Waals surface area contributed by atoms with E-state index in [1.807, 2.05) is 37.3 Å². The highest BCUT2D eigenvalue weighted by Crippen LogP contribution is 2.38. The highest BCUT2D eigenvalue weighted by molar-refractivity contribution is 7.89. The fourth-order valence-corrected chi connectivity index (χ4v) is 4.64. The van der Waals surface area contributed by atoms with Gasteiger partial charge < -0.3 is 4.74 Å². The lowest BCUT2D eigenvalue weighted by Crippen LogP contribution is -2.52. The molecule has 0 spiro atoms. The highest BCUT2D eigenvalue weighted by Gasteiger charge is 2.46. The summed E-state index contributed by atoms with van der Waals surface area (Å²) in [5.41, 5.74) is 0.826. The Morgan fingerprint density at radius 2 is 1.60 bits per heavy atom. The van der Waals surface area contributed by atoms with E-state index in [4.69, 9.17) is 4.74 Å². The summed E-state index contributed by atoms with van der Waals surface area (Å²) in [5.74, 6) is -0.281. The first-order valence-corrected chi connectivity index (χ1v) is 9.38. The Balaban J connectivity index is 2.00. The van der Waals surface area contributed by atoms with Gasteiger partial charge in [0.1, 0.15) is 6.10 Å². The summed E-state index contributed by atoms with van der Waals surface area (Å²) >= 11 is 0. The van der Waals surface area contributed by atoms with Gasteiger partial charge in [-0.2, -0.15) is 4.31 Å². The number of benzene rings is 2. The molecule has 25 heavy (non-hydrogen) atoms. The van der Waals surface area contributed by atoms with Crippen molar-refractivity contribution in [3.05, 3.63) is 78.9 Å². The largest absolute Gasteiger partial charge is 0.440 e. The van der Waals surface area contributed by atoms with Gasteiger partial charge in [-0.1, -0.05) is 61.5 Å². The summed E-state index contributed by atoms with van der Waals surface area (Å²) < 4.78 is 32.2. The van der Waals surface area contributed by atoms with Crippen molar-refractivity contribution in [2.45, 2.75) is 24.0 Å². The van der Waals surface area contributed by atoms with Gasteiger partial charge in [0.2, 0.25) is 0 Å². The number of ether oxygens (including phenoxy) is 1. The lowest BCUT2D eigenvalue weighted by Gasteiger charge is -2.41. The monoisotopic (exact) mass is 357 g/mol. The number of cyclic esters (lactones) is 1. The molecule has 3 rings (SSSR count). The Labute approximate surface area is 147 Å². The smallest absolute Gasteiger partial charge is 0.425 e. The van der Waals surface area contributed by atoms with Crippen molar-refractivity contribution in [3.63, 3.8) is 0 Å². The summed E-state index contributed by atoms with van der Waals surface area (Å²) in [7, 11) is -4.02. The number of rotatable bonds is 4. The third-order valence-electron chi connectivity index (χ3n) is 4.36. The SMILES string of the molecule is C=C[C@H]1[C@H](C)[C@@H](c2ccccc2)OC(=O)N1S(=O)(=O)c1ccccc1. The van der Waals surface area contributed by atoms with Crippen molar-refractivity contribution in [2.75, 3.05) is 0 Å². The molecule has 130 valence electrons. The maximum atomic E-state index is 12.9. The zero-order valence-electron chi connectivity index (χ0n) is 13.8. The van der Waals surface area contributed by atoms with Crippen molar-refractivity contribution in [3.8, 4) is 0 Å². The van der Waals surface area contributed by atoms with E-state index in [9.17, 15) is 13.2 Å². The molecular formula is C19H19NO4S. The normalized spacial score (nSPS) is 23.8. The number of hydrogen-bond donors (Lipinski definition) is 0. The van der Waals surface area contributed by atoms with Crippen LogP contribution in [0.3, 0.4) is 0 Å². The average molecular weight is 357 g/mol. The summed E-state index contributed by atoms with van der Waals surface area (Å²) in [6, 6.07) is 16.4. The van der Waals surface area contributed by atoms with Gasteiger partial charge >= 0.3 is 6.09 Å². The molecule has 2 aromatic rings. The average Bonchev–Trinajstić information content (AvgIpc) is 2.64. The first-order valence-electron chi connectivity index (χ1n) is 7.94. The van der Waals surface area contributed by atoms with Crippen molar-refractivity contribution in [2.24, 2.45) is 5.92 Å². The van der Waals surface area contributed by atoms with Crippen LogP contribution in [0.2, 0.25) is 0 Å². The maximum Gasteiger partial charge on any atom is 0.425 e. The third kappa shape index (κ3) is 3.05. The Kier molecular flexibility index (Phi) is 4.63. The Hall–Kier alpha value is -2.60. The van der Waals surface area contributed by atoms with Crippen LogP contribution < -0.4 is 0 Å². The number of carbonyl (C=O) groups is 1. The molecule has 0 aliphatic carbocycles. The van der Waals surface area contributed by atoms with Crippen molar-refractivity contribution >= 4 is 16.1 Å². The molecule has 0 saturated carbocycles. The highest BCUT2D eigenvalue weighted by atomic mass is 32.2. The van der Waals surface area contributed by atoms with Crippen LogP contribution >= 0.6 is 0 Å². The summed E-state index contributed by atoms with van der Waals surface area (Å²) in [6.07, 6.45) is 0.0706. The summed E-state index contributed by atoms with van der Waals surface area (Å²) in [5, 5.41) is 0. The first kappa shape index (κ1) is 17.2. The molecule has 1 amide bonds. The van der Waals surface area contributed by atoms with E-state index in [0.29, 0.717) is 0 Å². The first-order chi connectivity index (χ1) is 12.0. The minimum absolute atomic E-state index is 0.0455. The Morgan fingerprint density at radius 3 is 2.16 bits per heavy atom. The van der Waals surface area contributed by atoms with E-state index in [1.165, 1.54) is 18.2 Å². The molecule has 2 aromatic carbocycles. The molecule has 1 heterocycles. The van der Waals surface area contributed by atoms with E-state index in [2.05, 4.69) is 6.58 Å². The Morgan fingerprint density at radius 1 is 1.04 bits per heavy atom. The van der Waals surface area contributed by atoms with Crippen LogP contribution in [0.4, 0.5) is 4.79 Å². The van der Waals surface area contributed by atoms with E-state index in [1.54, 1.807) is 18.2 Å². The minimum Gasteiger partial charge on any atom is -0.440 e. The van der Waals surface area contributed by atoms with Crippen LogP contribution in [0.25, 0.3) is 0 Å². The third-order valence-corrected chi connectivity index (χ3v) is 6.14. The molecule has 3 atom stereocenters. The summed E-state index contributed by atoms with van der Waals surface area (Å²) in [6.45, 7) is 5.59. The number of nitrogens with zero attached hydrogens (tertiary/aromatic N) is 1. The van der Waals surface area contributed by atoms with Crippen molar-refractivity contribution in [1.82, 2.24) is 4.31 Å². The molecule has 1 aliphatic rings. The van der Waals surface area contributed by atoms with Crippen LogP contribution in [-0.2, 0) is 14.8 Å². The van der Waals surface area contributed by atoms with E-state index >= 15 is 0 Å². The van der Waals surface area contributed by atoms with Gasteiger partial charge in [-0.05, 0) is 17.7 Å². The Bertz CT molecular complexity index is 865. The number of carbonyl (C=O) groups excluding carboxylic acids is 1. The quantitative estimate of drug-likeness (QED) is 0.782. The maximum absolute atomic E-state index is 12.9. The van der Waals surface area contributed by atoms with Gasteiger partial charge in [0.25, 0.3) is 10.0 Å². The van der Waals surface area contributed by atoms with Gasteiger partial charge in [-0.15, -0.1) is 6.58 Å². The number of sulfonamides is 1. The van der Waals surface area contributed by atoms with Crippen LogP contribution in [0, 0.1) is 5.92 Å². The van der Waals surface area contributed by atoms with E-state index in [0.717, 1.165) is 9.87 Å². The molecular weight excluding hydrogens is 338 g/mol. The predicted molar refractivity (Wildman–Crippen MR) is 94.3 cm³/mol.